The Morgan fingerprint density at radius 1 is 1.35 bits per heavy atom. The van der Waals surface area contributed by atoms with Gasteiger partial charge in [-0.2, -0.15) is 5.10 Å². The minimum Gasteiger partial charge on any atom is -0.478 e. The molecule has 2 aromatic rings. The highest BCUT2D eigenvalue weighted by Gasteiger charge is 2.10. The Morgan fingerprint density at radius 3 is 2.59 bits per heavy atom. The zero-order valence-electron chi connectivity index (χ0n) is 9.34. The SMILES string of the molecule is Cc1[nH]ncc1/C=C(\C(=O)O)c1ccccc1. The van der Waals surface area contributed by atoms with Gasteiger partial charge in [-0.05, 0) is 18.6 Å². The first-order valence-electron chi connectivity index (χ1n) is 5.19. The molecule has 4 nitrogen and oxygen atoms in total. The molecule has 0 saturated heterocycles. The van der Waals surface area contributed by atoms with Crippen LogP contribution < -0.4 is 0 Å². The molecule has 1 heterocycles. The van der Waals surface area contributed by atoms with Crippen LogP contribution in [0.4, 0.5) is 0 Å². The van der Waals surface area contributed by atoms with Gasteiger partial charge >= 0.3 is 5.97 Å². The molecule has 2 N–H and O–H groups in total. The second-order valence-corrected chi connectivity index (χ2v) is 3.68. The molecule has 0 radical (unpaired) electrons. The number of aromatic amines is 1. The second kappa shape index (κ2) is 4.65. The number of hydrogen-bond donors (Lipinski definition) is 2. The van der Waals surface area contributed by atoms with E-state index >= 15 is 0 Å². The maximum atomic E-state index is 11.2. The standard InChI is InChI=1S/C13H12N2O2/c1-9-11(8-14-15-9)7-12(13(16)17)10-5-3-2-4-6-10/h2-8H,1H3,(H,14,15)(H,16,17)/b12-7-. The summed E-state index contributed by atoms with van der Waals surface area (Å²) in [4.78, 5) is 11.2. The van der Waals surface area contributed by atoms with Crippen LogP contribution in [0.1, 0.15) is 16.8 Å². The number of aromatic nitrogens is 2. The molecule has 4 heteroatoms. The number of benzene rings is 1. The van der Waals surface area contributed by atoms with E-state index in [-0.39, 0.29) is 5.57 Å². The van der Waals surface area contributed by atoms with Crippen molar-refractivity contribution < 1.29 is 9.90 Å². The van der Waals surface area contributed by atoms with E-state index in [4.69, 9.17) is 0 Å². The minimum absolute atomic E-state index is 0.259. The van der Waals surface area contributed by atoms with Gasteiger partial charge in [0.15, 0.2) is 0 Å². The van der Waals surface area contributed by atoms with Crippen molar-refractivity contribution in [3.8, 4) is 0 Å². The van der Waals surface area contributed by atoms with Crippen molar-refractivity contribution in [2.75, 3.05) is 0 Å². The first-order valence-corrected chi connectivity index (χ1v) is 5.19. The normalized spacial score (nSPS) is 11.5. The molecule has 1 aromatic heterocycles. The van der Waals surface area contributed by atoms with E-state index in [0.717, 1.165) is 11.3 Å². The molecular weight excluding hydrogens is 216 g/mol. The Kier molecular flexibility index (Phi) is 3.05. The summed E-state index contributed by atoms with van der Waals surface area (Å²) in [5, 5.41) is 15.9. The number of nitrogens with one attached hydrogen (secondary N) is 1. The zero-order valence-corrected chi connectivity index (χ0v) is 9.34. The van der Waals surface area contributed by atoms with E-state index in [9.17, 15) is 9.90 Å². The molecule has 0 amide bonds. The fourth-order valence-electron chi connectivity index (χ4n) is 1.55. The molecule has 86 valence electrons. The maximum absolute atomic E-state index is 11.2. The fraction of sp³-hybridized carbons (Fsp3) is 0.0769. The van der Waals surface area contributed by atoms with Crippen LogP contribution in [0.2, 0.25) is 0 Å². The summed E-state index contributed by atoms with van der Waals surface area (Å²) >= 11 is 0. The van der Waals surface area contributed by atoms with Crippen LogP contribution in [-0.4, -0.2) is 21.3 Å². The largest absolute Gasteiger partial charge is 0.478 e. The highest BCUT2D eigenvalue weighted by molar-refractivity contribution is 6.20. The summed E-state index contributed by atoms with van der Waals surface area (Å²) < 4.78 is 0. The lowest BCUT2D eigenvalue weighted by Gasteiger charge is -2.02. The number of aryl methyl sites for hydroxylation is 1. The lowest BCUT2D eigenvalue weighted by atomic mass is 10.0. The quantitative estimate of drug-likeness (QED) is 0.792. The summed E-state index contributed by atoms with van der Waals surface area (Å²) in [7, 11) is 0. The summed E-state index contributed by atoms with van der Waals surface area (Å²) in [6.45, 7) is 1.85. The first kappa shape index (κ1) is 11.1. The topological polar surface area (TPSA) is 66.0 Å². The van der Waals surface area contributed by atoms with Crippen LogP contribution in [0.25, 0.3) is 11.6 Å². The molecule has 0 aliphatic carbocycles. The summed E-state index contributed by atoms with van der Waals surface area (Å²) in [5.74, 6) is -0.947. The molecule has 0 atom stereocenters. The van der Waals surface area contributed by atoms with E-state index in [2.05, 4.69) is 10.2 Å². The molecule has 0 saturated carbocycles. The molecule has 0 aliphatic heterocycles. The van der Waals surface area contributed by atoms with E-state index in [0.29, 0.717) is 5.56 Å². The minimum atomic E-state index is -0.947. The maximum Gasteiger partial charge on any atom is 0.336 e. The monoisotopic (exact) mass is 228 g/mol. The molecular formula is C13H12N2O2. The van der Waals surface area contributed by atoms with Crippen molar-refractivity contribution in [1.29, 1.82) is 0 Å². The van der Waals surface area contributed by atoms with Crippen molar-refractivity contribution in [2.45, 2.75) is 6.92 Å². The molecule has 1 aromatic carbocycles. The molecule has 0 aliphatic rings. The van der Waals surface area contributed by atoms with Crippen molar-refractivity contribution in [2.24, 2.45) is 0 Å². The van der Waals surface area contributed by atoms with Gasteiger partial charge in [-0.3, -0.25) is 5.10 Å². The summed E-state index contributed by atoms with van der Waals surface area (Å²) in [6, 6.07) is 9.03. The third-order valence-electron chi connectivity index (χ3n) is 2.48. The van der Waals surface area contributed by atoms with Crippen molar-refractivity contribution >= 4 is 17.6 Å². The van der Waals surface area contributed by atoms with Crippen LogP contribution in [0, 0.1) is 6.92 Å². The molecule has 0 unspecified atom stereocenters. The number of carbonyl (C=O) groups is 1. The van der Waals surface area contributed by atoms with Crippen LogP contribution in [0.5, 0.6) is 0 Å². The lowest BCUT2D eigenvalue weighted by Crippen LogP contribution is -1.99. The van der Waals surface area contributed by atoms with E-state index in [1.54, 1.807) is 24.4 Å². The number of carboxylic acid groups (broad SMARTS) is 1. The first-order chi connectivity index (χ1) is 8.18. The van der Waals surface area contributed by atoms with Crippen LogP contribution >= 0.6 is 0 Å². The number of hydrogen-bond acceptors (Lipinski definition) is 2. The van der Waals surface area contributed by atoms with E-state index in [1.165, 1.54) is 0 Å². The van der Waals surface area contributed by atoms with Gasteiger partial charge in [-0.15, -0.1) is 0 Å². The van der Waals surface area contributed by atoms with Gasteiger partial charge in [0.2, 0.25) is 0 Å². The average Bonchev–Trinajstić information content (AvgIpc) is 2.72. The van der Waals surface area contributed by atoms with Gasteiger partial charge < -0.3 is 5.11 Å². The molecule has 0 fully saturated rings. The van der Waals surface area contributed by atoms with Crippen LogP contribution in [-0.2, 0) is 4.79 Å². The van der Waals surface area contributed by atoms with Crippen LogP contribution in [0.3, 0.4) is 0 Å². The van der Waals surface area contributed by atoms with E-state index < -0.39 is 5.97 Å². The van der Waals surface area contributed by atoms with Crippen LogP contribution in [0.15, 0.2) is 36.5 Å². The van der Waals surface area contributed by atoms with Crippen molar-refractivity contribution in [3.05, 3.63) is 53.3 Å². The summed E-state index contributed by atoms with van der Waals surface area (Å²) in [5.41, 5.74) is 2.57. The molecule has 17 heavy (non-hydrogen) atoms. The fourth-order valence-corrected chi connectivity index (χ4v) is 1.55. The Labute approximate surface area is 98.6 Å². The number of rotatable bonds is 3. The predicted octanol–water partition coefficient (Wildman–Crippen LogP) is 2.34. The third-order valence-corrected chi connectivity index (χ3v) is 2.48. The van der Waals surface area contributed by atoms with Gasteiger partial charge in [0.1, 0.15) is 0 Å². The van der Waals surface area contributed by atoms with Gasteiger partial charge in [-0.25, -0.2) is 4.79 Å². The van der Waals surface area contributed by atoms with Gasteiger partial charge in [0, 0.05) is 11.3 Å². The van der Waals surface area contributed by atoms with E-state index in [1.807, 2.05) is 25.1 Å². The number of H-pyrrole nitrogens is 1. The average molecular weight is 228 g/mol. The van der Waals surface area contributed by atoms with Gasteiger partial charge in [0.05, 0.1) is 11.8 Å². The Bertz CT molecular complexity index is 556. The van der Waals surface area contributed by atoms with Crippen molar-refractivity contribution in [3.63, 3.8) is 0 Å². The Morgan fingerprint density at radius 2 is 2.06 bits per heavy atom. The highest BCUT2D eigenvalue weighted by Crippen LogP contribution is 2.19. The Hall–Kier alpha value is -2.36. The number of nitrogens with zero attached hydrogens (tertiary/aromatic N) is 1. The smallest absolute Gasteiger partial charge is 0.336 e. The van der Waals surface area contributed by atoms with Gasteiger partial charge in [-0.1, -0.05) is 30.3 Å². The number of aliphatic carboxylic acids is 1. The lowest BCUT2D eigenvalue weighted by molar-refractivity contribution is -0.130. The Balaban J connectivity index is 2.47. The van der Waals surface area contributed by atoms with Gasteiger partial charge in [0.25, 0.3) is 0 Å². The highest BCUT2D eigenvalue weighted by atomic mass is 16.4. The molecule has 2 rings (SSSR count). The molecule has 0 spiro atoms. The predicted molar refractivity (Wildman–Crippen MR) is 65.3 cm³/mol. The third kappa shape index (κ3) is 2.42. The zero-order chi connectivity index (χ0) is 12.3. The second-order valence-electron chi connectivity index (χ2n) is 3.68. The number of carboxylic acids is 1. The summed E-state index contributed by atoms with van der Waals surface area (Å²) in [6.07, 6.45) is 3.23. The van der Waals surface area contributed by atoms with Crippen molar-refractivity contribution in [1.82, 2.24) is 10.2 Å². The molecule has 0 bridgehead atoms.